The number of nitrogens with one attached hydrogen (secondary N) is 1. The molecule has 2 heterocycles. The van der Waals surface area contributed by atoms with Gasteiger partial charge in [-0.15, -0.1) is 0 Å². The average Bonchev–Trinajstić information content (AvgIpc) is 2.83. The predicted octanol–water partition coefficient (Wildman–Crippen LogP) is 1.16. The maximum Gasteiger partial charge on any atom is 0.224 e. The molecule has 98 valence electrons. The second-order valence-corrected chi connectivity index (χ2v) is 5.26. The summed E-state index contributed by atoms with van der Waals surface area (Å²) in [5.74, 6) is 0.226. The molecule has 0 saturated carbocycles. The van der Waals surface area contributed by atoms with Crippen LogP contribution >= 0.6 is 0 Å². The van der Waals surface area contributed by atoms with E-state index in [-0.39, 0.29) is 12.0 Å². The van der Waals surface area contributed by atoms with E-state index < -0.39 is 0 Å². The van der Waals surface area contributed by atoms with Gasteiger partial charge >= 0.3 is 0 Å². The van der Waals surface area contributed by atoms with Crippen molar-refractivity contribution in [2.24, 2.45) is 0 Å². The lowest BCUT2D eigenvalue weighted by atomic mass is 10.0. The molecule has 1 N–H and O–H groups in total. The van der Waals surface area contributed by atoms with Gasteiger partial charge in [-0.1, -0.05) is 6.42 Å². The third-order valence-electron chi connectivity index (χ3n) is 3.76. The fraction of sp³-hybridized carbons (Fsp3) is 0.923. The molecule has 2 saturated heterocycles. The van der Waals surface area contributed by atoms with Crippen LogP contribution < -0.4 is 5.32 Å². The number of hydrogen-bond acceptors (Lipinski definition) is 3. The molecule has 2 rings (SSSR count). The number of nitrogens with zero attached hydrogens (tertiary/aromatic N) is 1. The van der Waals surface area contributed by atoms with Gasteiger partial charge in [0.25, 0.3) is 0 Å². The van der Waals surface area contributed by atoms with Crippen LogP contribution in [0.15, 0.2) is 0 Å². The van der Waals surface area contributed by atoms with Gasteiger partial charge < -0.3 is 15.0 Å². The zero-order valence-electron chi connectivity index (χ0n) is 10.8. The summed E-state index contributed by atoms with van der Waals surface area (Å²) in [6.07, 6.45) is 6.62. The average molecular weight is 240 g/mol. The van der Waals surface area contributed by atoms with Crippen LogP contribution in [0.1, 0.15) is 38.5 Å². The lowest BCUT2D eigenvalue weighted by Crippen LogP contribution is -2.44. The molecule has 2 fully saturated rings. The number of rotatable bonds is 4. The first-order valence-electron chi connectivity index (χ1n) is 6.84. The molecule has 17 heavy (non-hydrogen) atoms. The van der Waals surface area contributed by atoms with Crippen molar-refractivity contribution in [1.82, 2.24) is 10.2 Å². The summed E-state index contributed by atoms with van der Waals surface area (Å²) in [6.45, 7) is 2.76. The van der Waals surface area contributed by atoms with Crippen LogP contribution in [0.2, 0.25) is 0 Å². The van der Waals surface area contributed by atoms with Gasteiger partial charge in [-0.25, -0.2) is 0 Å². The highest BCUT2D eigenvalue weighted by Gasteiger charge is 2.23. The van der Waals surface area contributed by atoms with Crippen LogP contribution in [0.5, 0.6) is 0 Å². The van der Waals surface area contributed by atoms with Crippen molar-refractivity contribution in [2.75, 3.05) is 26.7 Å². The van der Waals surface area contributed by atoms with Gasteiger partial charge in [0.1, 0.15) is 0 Å². The summed E-state index contributed by atoms with van der Waals surface area (Å²) in [6, 6.07) is 0.488. The molecule has 0 aromatic heterocycles. The van der Waals surface area contributed by atoms with Crippen molar-refractivity contribution >= 4 is 5.91 Å². The second kappa shape index (κ2) is 6.36. The highest BCUT2D eigenvalue weighted by Crippen LogP contribution is 2.16. The van der Waals surface area contributed by atoms with Crippen LogP contribution in [0.3, 0.4) is 0 Å². The molecule has 0 aromatic carbocycles. The predicted molar refractivity (Wildman–Crippen MR) is 66.9 cm³/mol. The van der Waals surface area contributed by atoms with Crippen LogP contribution in [0.25, 0.3) is 0 Å². The Morgan fingerprint density at radius 1 is 1.35 bits per heavy atom. The van der Waals surface area contributed by atoms with Gasteiger partial charge in [0.15, 0.2) is 0 Å². The number of ether oxygens (including phenoxy) is 1. The Kier molecular flexibility index (Phi) is 4.80. The monoisotopic (exact) mass is 240 g/mol. The summed E-state index contributed by atoms with van der Waals surface area (Å²) in [7, 11) is 1.91. The molecule has 0 aliphatic carbocycles. The minimum Gasteiger partial charge on any atom is -0.378 e. The largest absolute Gasteiger partial charge is 0.378 e. The molecule has 2 aliphatic rings. The Hall–Kier alpha value is -0.610. The van der Waals surface area contributed by atoms with E-state index in [0.717, 1.165) is 32.5 Å². The van der Waals surface area contributed by atoms with E-state index in [1.165, 1.54) is 19.3 Å². The zero-order chi connectivity index (χ0) is 12.1. The first-order chi connectivity index (χ1) is 8.25. The van der Waals surface area contributed by atoms with Gasteiger partial charge in [0, 0.05) is 26.2 Å². The molecule has 2 aliphatic heterocycles. The second-order valence-electron chi connectivity index (χ2n) is 5.26. The Bertz CT molecular complexity index is 246. The number of piperidine rings is 1. The molecule has 4 heteroatoms. The Morgan fingerprint density at radius 3 is 2.88 bits per heavy atom. The number of carbonyl (C=O) groups excluding carboxylic acids is 1. The Labute approximate surface area is 104 Å². The minimum atomic E-state index is 0.171. The zero-order valence-corrected chi connectivity index (χ0v) is 10.8. The van der Waals surface area contributed by atoms with Gasteiger partial charge in [-0.3, -0.25) is 4.79 Å². The normalized spacial score (nSPS) is 29.2. The summed E-state index contributed by atoms with van der Waals surface area (Å²) in [4.78, 5) is 13.9. The molecule has 0 aromatic rings. The van der Waals surface area contributed by atoms with Gasteiger partial charge in [0.05, 0.1) is 12.5 Å². The first kappa shape index (κ1) is 12.8. The number of carbonyl (C=O) groups is 1. The van der Waals surface area contributed by atoms with Crippen LogP contribution in [-0.2, 0) is 9.53 Å². The molecular formula is C13H24N2O2. The smallest absolute Gasteiger partial charge is 0.224 e. The van der Waals surface area contributed by atoms with Crippen LogP contribution in [-0.4, -0.2) is 49.7 Å². The maximum atomic E-state index is 12.0. The lowest BCUT2D eigenvalue weighted by molar-refractivity contribution is -0.132. The van der Waals surface area contributed by atoms with E-state index in [0.29, 0.717) is 12.5 Å². The summed E-state index contributed by atoms with van der Waals surface area (Å²) in [5, 5.41) is 3.47. The van der Waals surface area contributed by atoms with Crippen molar-refractivity contribution in [3.63, 3.8) is 0 Å². The van der Waals surface area contributed by atoms with Gasteiger partial charge in [-0.05, 0) is 32.2 Å². The fourth-order valence-electron chi connectivity index (χ4n) is 2.67. The first-order valence-corrected chi connectivity index (χ1v) is 6.84. The lowest BCUT2D eigenvalue weighted by Gasteiger charge is -2.28. The molecule has 1 amide bonds. The van der Waals surface area contributed by atoms with Crippen molar-refractivity contribution in [1.29, 1.82) is 0 Å². The quantitative estimate of drug-likeness (QED) is 0.801. The molecule has 0 bridgehead atoms. The Morgan fingerprint density at radius 2 is 2.24 bits per heavy atom. The number of amides is 1. The van der Waals surface area contributed by atoms with E-state index in [9.17, 15) is 4.79 Å². The van der Waals surface area contributed by atoms with E-state index in [1.807, 2.05) is 11.9 Å². The highest BCUT2D eigenvalue weighted by atomic mass is 16.5. The molecule has 0 spiro atoms. The van der Waals surface area contributed by atoms with E-state index in [4.69, 9.17) is 4.74 Å². The van der Waals surface area contributed by atoms with Crippen molar-refractivity contribution < 1.29 is 9.53 Å². The van der Waals surface area contributed by atoms with Crippen molar-refractivity contribution in [3.8, 4) is 0 Å². The standard InChI is InChI=1S/C13H24N2O2/c1-15(10-11-5-2-3-7-14-11)13(16)9-12-6-4-8-17-12/h11-12,14H,2-10H2,1H3. The van der Waals surface area contributed by atoms with Gasteiger partial charge in [0.2, 0.25) is 5.91 Å². The third kappa shape index (κ3) is 3.96. The highest BCUT2D eigenvalue weighted by molar-refractivity contribution is 5.76. The van der Waals surface area contributed by atoms with E-state index in [1.54, 1.807) is 0 Å². The summed E-state index contributed by atoms with van der Waals surface area (Å²) < 4.78 is 5.50. The van der Waals surface area contributed by atoms with Crippen LogP contribution in [0.4, 0.5) is 0 Å². The molecule has 2 unspecified atom stereocenters. The summed E-state index contributed by atoms with van der Waals surface area (Å²) in [5.41, 5.74) is 0. The maximum absolute atomic E-state index is 12.0. The van der Waals surface area contributed by atoms with E-state index in [2.05, 4.69) is 5.32 Å². The topological polar surface area (TPSA) is 41.6 Å². The van der Waals surface area contributed by atoms with Gasteiger partial charge in [-0.2, -0.15) is 0 Å². The molecule has 4 nitrogen and oxygen atoms in total. The van der Waals surface area contributed by atoms with Crippen LogP contribution in [0, 0.1) is 0 Å². The third-order valence-corrected chi connectivity index (χ3v) is 3.76. The molecule has 2 atom stereocenters. The number of likely N-dealkylation sites (N-methyl/N-ethyl adjacent to an activating group) is 1. The summed E-state index contributed by atoms with van der Waals surface area (Å²) >= 11 is 0. The number of hydrogen-bond donors (Lipinski definition) is 1. The molecule has 0 radical (unpaired) electrons. The molecular weight excluding hydrogens is 216 g/mol. The minimum absolute atomic E-state index is 0.171. The Balaban J connectivity index is 1.70. The SMILES string of the molecule is CN(CC1CCCCN1)C(=O)CC1CCCO1. The van der Waals surface area contributed by atoms with E-state index >= 15 is 0 Å². The van der Waals surface area contributed by atoms with Crippen molar-refractivity contribution in [3.05, 3.63) is 0 Å². The fourth-order valence-corrected chi connectivity index (χ4v) is 2.67. The van der Waals surface area contributed by atoms with Crippen molar-refractivity contribution in [2.45, 2.75) is 50.7 Å².